The van der Waals surface area contributed by atoms with Gasteiger partial charge < -0.3 is 9.80 Å². The van der Waals surface area contributed by atoms with Crippen molar-refractivity contribution < 1.29 is 14.4 Å². The lowest BCUT2D eigenvalue weighted by molar-refractivity contribution is -0.136. The molecule has 3 heterocycles. The number of unbranched alkanes of at least 4 members (excludes halogenated alkanes) is 2. The Morgan fingerprint density at radius 1 is 1.03 bits per heavy atom. The van der Waals surface area contributed by atoms with Gasteiger partial charge in [-0.05, 0) is 93.0 Å². The topological polar surface area (TPSA) is 93.5 Å². The van der Waals surface area contributed by atoms with E-state index < -0.39 is 11.5 Å². The molecule has 3 aliphatic rings. The van der Waals surface area contributed by atoms with Gasteiger partial charge in [0.05, 0.1) is 11.5 Å². The molecule has 5 rings (SSSR count). The first-order valence-electron chi connectivity index (χ1n) is 13.6. The molecule has 8 heteroatoms. The quantitative estimate of drug-likeness (QED) is 0.402. The second kappa shape index (κ2) is 11.3. The number of fused-ring (bicyclic) bond motifs is 1. The third-order valence-electron chi connectivity index (χ3n) is 8.42. The van der Waals surface area contributed by atoms with E-state index in [1.54, 1.807) is 4.90 Å². The van der Waals surface area contributed by atoms with E-state index in [1.807, 2.05) is 36.4 Å². The number of nitrogens with zero attached hydrogens (tertiary/aromatic N) is 3. The molecule has 3 aliphatic heterocycles. The van der Waals surface area contributed by atoms with Gasteiger partial charge in [-0.25, -0.2) is 0 Å². The van der Waals surface area contributed by atoms with Crippen LogP contribution in [0.25, 0.3) is 0 Å². The summed E-state index contributed by atoms with van der Waals surface area (Å²) >= 11 is 6.03. The van der Waals surface area contributed by atoms with Gasteiger partial charge in [0, 0.05) is 23.6 Å². The fraction of sp³-hybridized carbons (Fsp3) is 0.467. The molecule has 0 saturated carbocycles. The zero-order valence-electron chi connectivity index (χ0n) is 21.5. The highest BCUT2D eigenvalue weighted by atomic mass is 35.5. The van der Waals surface area contributed by atoms with Gasteiger partial charge in [0.25, 0.3) is 5.91 Å². The van der Waals surface area contributed by atoms with Crippen molar-refractivity contribution in [3.8, 4) is 6.07 Å². The second-order valence-electron chi connectivity index (χ2n) is 10.7. The summed E-state index contributed by atoms with van der Waals surface area (Å²) < 4.78 is 0. The molecule has 7 nitrogen and oxygen atoms in total. The second-order valence-corrected chi connectivity index (χ2v) is 11.1. The molecule has 2 aromatic carbocycles. The molecule has 0 spiro atoms. The Hall–Kier alpha value is -3.21. The molecular formula is C30H33ClN4O3. The van der Waals surface area contributed by atoms with Gasteiger partial charge in [-0.1, -0.05) is 42.3 Å². The van der Waals surface area contributed by atoms with Crippen LogP contribution in [0.2, 0.25) is 5.02 Å². The highest BCUT2D eigenvalue weighted by Crippen LogP contribution is 2.36. The van der Waals surface area contributed by atoms with Crippen LogP contribution in [-0.4, -0.2) is 53.2 Å². The van der Waals surface area contributed by atoms with Crippen molar-refractivity contribution in [3.05, 3.63) is 69.7 Å². The Balaban J connectivity index is 1.09. The molecule has 1 atom stereocenters. The Bertz CT molecular complexity index is 1260. The summed E-state index contributed by atoms with van der Waals surface area (Å²) in [5, 5.41) is 13.0. The van der Waals surface area contributed by atoms with Crippen molar-refractivity contribution in [2.24, 2.45) is 0 Å². The predicted octanol–water partition coefficient (Wildman–Crippen LogP) is 4.37. The molecule has 0 aliphatic carbocycles. The van der Waals surface area contributed by atoms with Crippen LogP contribution in [0.5, 0.6) is 0 Å². The van der Waals surface area contributed by atoms with Crippen LogP contribution in [0.1, 0.15) is 72.0 Å². The lowest BCUT2D eigenvalue weighted by Crippen LogP contribution is -2.52. The summed E-state index contributed by atoms with van der Waals surface area (Å²) in [6, 6.07) is 15.6. The molecule has 0 radical (unpaired) electrons. The first kappa shape index (κ1) is 26.4. The molecule has 2 saturated heterocycles. The number of carbonyl (C=O) groups is 3. The number of rotatable bonds is 8. The number of nitriles is 1. The number of hydrogen-bond acceptors (Lipinski definition) is 5. The Morgan fingerprint density at radius 3 is 2.50 bits per heavy atom. The summed E-state index contributed by atoms with van der Waals surface area (Å²) in [5.41, 5.74) is 3.52. The first-order valence-corrected chi connectivity index (χ1v) is 13.9. The van der Waals surface area contributed by atoms with Gasteiger partial charge in [-0.2, -0.15) is 5.26 Å². The third-order valence-corrected chi connectivity index (χ3v) is 8.67. The minimum Gasteiger partial charge on any atom is -0.322 e. The molecular weight excluding hydrogens is 500 g/mol. The maximum absolute atomic E-state index is 13.0. The molecule has 3 amide bonds. The van der Waals surface area contributed by atoms with Gasteiger partial charge in [0.2, 0.25) is 11.8 Å². The summed E-state index contributed by atoms with van der Waals surface area (Å²) in [6.07, 6.45) is 6.42. The number of benzene rings is 2. The number of likely N-dealkylation sites (tertiary alicyclic amines) is 1. The highest BCUT2D eigenvalue weighted by Gasteiger charge is 2.40. The lowest BCUT2D eigenvalue weighted by Gasteiger charge is -2.37. The summed E-state index contributed by atoms with van der Waals surface area (Å²) in [7, 11) is 0. The van der Waals surface area contributed by atoms with Gasteiger partial charge >= 0.3 is 0 Å². The van der Waals surface area contributed by atoms with Crippen molar-refractivity contribution in [3.63, 3.8) is 0 Å². The van der Waals surface area contributed by atoms with E-state index in [4.69, 9.17) is 11.6 Å². The largest absolute Gasteiger partial charge is 0.322 e. The first-order chi connectivity index (χ1) is 18.4. The maximum Gasteiger partial charge on any atom is 0.255 e. The normalized spacial score (nSPS) is 21.2. The third kappa shape index (κ3) is 5.34. The fourth-order valence-corrected chi connectivity index (χ4v) is 6.23. The summed E-state index contributed by atoms with van der Waals surface area (Å²) in [6.45, 7) is 3.29. The lowest BCUT2D eigenvalue weighted by atomic mass is 9.74. The number of hydrogen-bond donors (Lipinski definition) is 1. The predicted molar refractivity (Wildman–Crippen MR) is 144 cm³/mol. The van der Waals surface area contributed by atoms with Crippen LogP contribution < -0.4 is 5.32 Å². The van der Waals surface area contributed by atoms with Crippen molar-refractivity contribution in [2.45, 2.75) is 69.4 Å². The number of halogens is 1. The highest BCUT2D eigenvalue weighted by molar-refractivity contribution is 6.30. The molecule has 2 fully saturated rings. The minimum absolute atomic E-state index is 0.117. The summed E-state index contributed by atoms with van der Waals surface area (Å²) in [5.74, 6) is -0.762. The fourth-order valence-electron chi connectivity index (χ4n) is 6.10. The van der Waals surface area contributed by atoms with Crippen LogP contribution in [-0.2, 0) is 28.0 Å². The van der Waals surface area contributed by atoms with E-state index >= 15 is 0 Å². The van der Waals surface area contributed by atoms with Crippen molar-refractivity contribution >= 4 is 29.3 Å². The molecule has 1 N–H and O–H groups in total. The van der Waals surface area contributed by atoms with Crippen molar-refractivity contribution in [2.75, 3.05) is 19.6 Å². The zero-order chi connectivity index (χ0) is 26.7. The molecule has 1 unspecified atom stereocenters. The van der Waals surface area contributed by atoms with E-state index in [1.165, 1.54) is 5.56 Å². The monoisotopic (exact) mass is 532 g/mol. The van der Waals surface area contributed by atoms with E-state index in [9.17, 15) is 19.6 Å². The number of aryl methyl sites for hydroxylation is 1. The van der Waals surface area contributed by atoms with E-state index in [2.05, 4.69) is 22.4 Å². The van der Waals surface area contributed by atoms with Crippen molar-refractivity contribution in [1.82, 2.24) is 15.1 Å². The number of carbonyl (C=O) groups excluding carboxylic acids is 3. The zero-order valence-corrected chi connectivity index (χ0v) is 22.3. The standard InChI is InChI=1S/C30H33ClN4O3/c31-23-10-8-22(9-11-23)30(20-32)14-17-34(18-15-30)16-3-1-2-5-21-6-4-7-24-25(21)19-35(29(24)38)26-12-13-27(36)33-28(26)37/h4,6-11,26H,1-3,5,12-19H2,(H,33,36,37). The number of amides is 3. The van der Waals surface area contributed by atoms with E-state index in [-0.39, 0.29) is 24.1 Å². The van der Waals surface area contributed by atoms with Crippen LogP contribution in [0.3, 0.4) is 0 Å². The molecule has 38 heavy (non-hydrogen) atoms. The molecule has 198 valence electrons. The number of piperidine rings is 2. The van der Waals surface area contributed by atoms with Gasteiger partial charge in [-0.3, -0.25) is 19.7 Å². The number of nitrogens with one attached hydrogen (secondary N) is 1. The molecule has 0 bridgehead atoms. The average Bonchev–Trinajstić information content (AvgIpc) is 3.26. The van der Waals surface area contributed by atoms with Crippen LogP contribution >= 0.6 is 11.6 Å². The van der Waals surface area contributed by atoms with E-state index in [0.29, 0.717) is 23.6 Å². The van der Waals surface area contributed by atoms with E-state index in [0.717, 1.165) is 69.3 Å². The average molecular weight is 533 g/mol. The minimum atomic E-state index is -0.579. The Labute approximate surface area is 228 Å². The van der Waals surface area contributed by atoms with Crippen molar-refractivity contribution in [1.29, 1.82) is 5.26 Å². The van der Waals surface area contributed by atoms with Gasteiger partial charge in [0.1, 0.15) is 6.04 Å². The van der Waals surface area contributed by atoms with Gasteiger partial charge in [-0.15, -0.1) is 0 Å². The smallest absolute Gasteiger partial charge is 0.255 e. The van der Waals surface area contributed by atoms with Crippen LogP contribution in [0, 0.1) is 11.3 Å². The Morgan fingerprint density at radius 2 is 1.79 bits per heavy atom. The number of imide groups is 1. The SMILES string of the molecule is N#CC1(c2ccc(Cl)cc2)CCN(CCCCCc2cccc3c2CN(C2CCC(=O)NC2=O)C3=O)CC1. The van der Waals surface area contributed by atoms with Gasteiger partial charge in [0.15, 0.2) is 0 Å². The maximum atomic E-state index is 13.0. The molecule has 2 aromatic rings. The van der Waals surface area contributed by atoms with Crippen LogP contribution in [0.15, 0.2) is 42.5 Å². The Kier molecular flexibility index (Phi) is 7.83. The summed E-state index contributed by atoms with van der Waals surface area (Å²) in [4.78, 5) is 41.0. The molecule has 0 aromatic heterocycles. The van der Waals surface area contributed by atoms with Crippen LogP contribution in [0.4, 0.5) is 0 Å².